The van der Waals surface area contributed by atoms with Crippen LogP contribution in [0.4, 0.5) is 0 Å². The molecule has 0 aliphatic heterocycles. The van der Waals surface area contributed by atoms with Crippen LogP contribution in [0.25, 0.3) is 11.1 Å². The highest BCUT2D eigenvalue weighted by Crippen LogP contribution is 2.40. The third-order valence-corrected chi connectivity index (χ3v) is 3.32. The Morgan fingerprint density at radius 3 is 2.79 bits per heavy atom. The smallest absolute Gasteiger partial charge is 0.229 e. The van der Waals surface area contributed by atoms with Gasteiger partial charge in [0.15, 0.2) is 0 Å². The van der Waals surface area contributed by atoms with Gasteiger partial charge in [0.25, 0.3) is 0 Å². The van der Waals surface area contributed by atoms with Gasteiger partial charge in [-0.1, -0.05) is 42.5 Å². The van der Waals surface area contributed by atoms with Crippen molar-refractivity contribution < 1.29 is 9.47 Å². The van der Waals surface area contributed by atoms with E-state index in [1.165, 1.54) is 22.3 Å². The van der Waals surface area contributed by atoms with Crippen LogP contribution in [0.3, 0.4) is 0 Å². The predicted molar refractivity (Wildman–Crippen MR) is 76.1 cm³/mol. The van der Waals surface area contributed by atoms with E-state index in [9.17, 15) is 0 Å². The minimum absolute atomic E-state index is 0.247. The second-order valence-corrected chi connectivity index (χ2v) is 4.51. The van der Waals surface area contributed by atoms with Crippen LogP contribution in [0.1, 0.15) is 18.1 Å². The molecule has 2 heteroatoms. The van der Waals surface area contributed by atoms with E-state index >= 15 is 0 Å². The summed E-state index contributed by atoms with van der Waals surface area (Å²) < 4.78 is 10.9. The number of benzene rings is 2. The maximum absolute atomic E-state index is 5.71. The van der Waals surface area contributed by atoms with Crippen molar-refractivity contribution in [1.29, 1.82) is 0 Å². The molecule has 96 valence electrons. The summed E-state index contributed by atoms with van der Waals surface area (Å²) in [6.07, 6.45) is 4.41. The van der Waals surface area contributed by atoms with Crippen molar-refractivity contribution in [2.45, 2.75) is 13.3 Å². The maximum atomic E-state index is 5.71. The Bertz CT molecular complexity index is 614. The fourth-order valence-corrected chi connectivity index (χ4v) is 2.50. The van der Waals surface area contributed by atoms with Gasteiger partial charge in [0.05, 0.1) is 6.26 Å². The molecule has 3 rings (SSSR count). The first-order valence-corrected chi connectivity index (χ1v) is 6.46. The Labute approximate surface area is 113 Å². The van der Waals surface area contributed by atoms with Crippen molar-refractivity contribution in [3.8, 4) is 16.9 Å². The third-order valence-electron chi connectivity index (χ3n) is 3.32. The first kappa shape index (κ1) is 11.8. The van der Waals surface area contributed by atoms with Crippen LogP contribution >= 0.6 is 0 Å². The van der Waals surface area contributed by atoms with Crippen LogP contribution in [-0.4, -0.2) is 6.79 Å². The van der Waals surface area contributed by atoms with Crippen molar-refractivity contribution in [2.75, 3.05) is 6.79 Å². The lowest BCUT2D eigenvalue weighted by Crippen LogP contribution is -2.00. The summed E-state index contributed by atoms with van der Waals surface area (Å²) in [4.78, 5) is 0. The number of ether oxygens (including phenoxy) is 2. The molecule has 0 spiro atoms. The molecular formula is C17H16O2. The van der Waals surface area contributed by atoms with Gasteiger partial charge in [-0.3, -0.25) is 0 Å². The number of fused-ring (bicyclic) bond motifs is 3. The zero-order chi connectivity index (χ0) is 13.1. The van der Waals surface area contributed by atoms with Gasteiger partial charge in [0, 0.05) is 12.0 Å². The lowest BCUT2D eigenvalue weighted by molar-refractivity contribution is 0.0792. The van der Waals surface area contributed by atoms with Crippen molar-refractivity contribution in [3.05, 3.63) is 65.9 Å². The second-order valence-electron chi connectivity index (χ2n) is 4.51. The monoisotopic (exact) mass is 252 g/mol. The van der Waals surface area contributed by atoms with Gasteiger partial charge in [0.2, 0.25) is 6.79 Å². The summed E-state index contributed by atoms with van der Waals surface area (Å²) in [5, 5.41) is 0. The normalized spacial score (nSPS) is 12.3. The van der Waals surface area contributed by atoms with E-state index in [1.54, 1.807) is 6.26 Å². The molecule has 2 aromatic rings. The van der Waals surface area contributed by atoms with Gasteiger partial charge >= 0.3 is 0 Å². The largest absolute Gasteiger partial charge is 0.465 e. The molecule has 0 aromatic heterocycles. The molecule has 0 bridgehead atoms. The highest BCUT2D eigenvalue weighted by molar-refractivity contribution is 5.78. The quantitative estimate of drug-likeness (QED) is 0.394. The SMILES string of the molecule is CC=COCOc1cccc2c1Cc1ccccc1-2. The van der Waals surface area contributed by atoms with E-state index in [1.807, 2.05) is 25.1 Å². The molecule has 0 unspecified atom stereocenters. The van der Waals surface area contributed by atoms with Gasteiger partial charge in [-0.25, -0.2) is 0 Å². The van der Waals surface area contributed by atoms with Gasteiger partial charge in [-0.05, 0) is 29.7 Å². The molecule has 1 aliphatic carbocycles. The van der Waals surface area contributed by atoms with Crippen LogP contribution in [0.15, 0.2) is 54.8 Å². The van der Waals surface area contributed by atoms with Gasteiger partial charge in [-0.15, -0.1) is 0 Å². The minimum atomic E-state index is 0.247. The molecule has 2 aromatic carbocycles. The summed E-state index contributed by atoms with van der Waals surface area (Å²) in [7, 11) is 0. The Kier molecular flexibility index (Phi) is 3.23. The van der Waals surface area contributed by atoms with Gasteiger partial charge < -0.3 is 9.47 Å². The predicted octanol–water partition coefficient (Wildman–Crippen LogP) is 4.14. The minimum Gasteiger partial charge on any atom is -0.465 e. The maximum Gasteiger partial charge on any atom is 0.229 e. The summed E-state index contributed by atoms with van der Waals surface area (Å²) in [5.41, 5.74) is 5.21. The third kappa shape index (κ3) is 2.22. The van der Waals surface area contributed by atoms with E-state index < -0.39 is 0 Å². The zero-order valence-corrected chi connectivity index (χ0v) is 10.9. The van der Waals surface area contributed by atoms with Crippen molar-refractivity contribution in [2.24, 2.45) is 0 Å². The Balaban J connectivity index is 1.86. The molecule has 0 radical (unpaired) electrons. The molecule has 0 heterocycles. The lowest BCUT2D eigenvalue weighted by atomic mass is 10.1. The molecule has 19 heavy (non-hydrogen) atoms. The summed E-state index contributed by atoms with van der Waals surface area (Å²) >= 11 is 0. The van der Waals surface area contributed by atoms with Crippen LogP contribution < -0.4 is 4.74 Å². The number of hydrogen-bond acceptors (Lipinski definition) is 2. The van der Waals surface area contributed by atoms with Crippen LogP contribution in [-0.2, 0) is 11.2 Å². The topological polar surface area (TPSA) is 18.5 Å². The Morgan fingerprint density at radius 1 is 1.05 bits per heavy atom. The van der Waals surface area contributed by atoms with E-state index in [0.717, 1.165) is 12.2 Å². The number of rotatable bonds is 4. The molecular weight excluding hydrogens is 236 g/mol. The Morgan fingerprint density at radius 2 is 1.89 bits per heavy atom. The van der Waals surface area contributed by atoms with E-state index in [0.29, 0.717) is 0 Å². The molecule has 1 aliphatic rings. The summed E-state index contributed by atoms with van der Waals surface area (Å²) in [6, 6.07) is 14.7. The first-order chi connectivity index (χ1) is 9.40. The van der Waals surface area contributed by atoms with Crippen LogP contribution in [0.2, 0.25) is 0 Å². The zero-order valence-electron chi connectivity index (χ0n) is 10.9. The van der Waals surface area contributed by atoms with E-state index in [2.05, 4.69) is 30.3 Å². The van der Waals surface area contributed by atoms with Gasteiger partial charge in [-0.2, -0.15) is 0 Å². The average molecular weight is 252 g/mol. The number of allylic oxidation sites excluding steroid dienone is 1. The van der Waals surface area contributed by atoms with Crippen LogP contribution in [0.5, 0.6) is 5.75 Å². The molecule has 0 amide bonds. The summed E-state index contributed by atoms with van der Waals surface area (Å²) in [6.45, 7) is 2.16. The average Bonchev–Trinajstić information content (AvgIpc) is 2.83. The highest BCUT2D eigenvalue weighted by Gasteiger charge is 2.20. The Hall–Kier alpha value is -2.22. The van der Waals surface area contributed by atoms with E-state index in [4.69, 9.17) is 9.47 Å². The standard InChI is InChI=1S/C17H16O2/c1-2-10-18-12-19-17-9-5-8-15-14-7-4-3-6-13(14)11-16(15)17/h2-10H,11-12H2,1H3. The van der Waals surface area contributed by atoms with Crippen molar-refractivity contribution in [1.82, 2.24) is 0 Å². The first-order valence-electron chi connectivity index (χ1n) is 6.46. The fourth-order valence-electron chi connectivity index (χ4n) is 2.50. The van der Waals surface area contributed by atoms with Crippen LogP contribution in [0, 0.1) is 0 Å². The van der Waals surface area contributed by atoms with Crippen molar-refractivity contribution in [3.63, 3.8) is 0 Å². The molecule has 0 N–H and O–H groups in total. The lowest BCUT2D eigenvalue weighted by Gasteiger charge is -2.10. The highest BCUT2D eigenvalue weighted by atomic mass is 16.7. The molecule has 0 atom stereocenters. The number of hydrogen-bond donors (Lipinski definition) is 0. The second kappa shape index (κ2) is 5.19. The summed E-state index contributed by atoms with van der Waals surface area (Å²) in [5.74, 6) is 0.915. The molecule has 0 saturated carbocycles. The van der Waals surface area contributed by atoms with E-state index in [-0.39, 0.29) is 6.79 Å². The van der Waals surface area contributed by atoms with Gasteiger partial charge in [0.1, 0.15) is 5.75 Å². The molecule has 0 saturated heterocycles. The molecule has 2 nitrogen and oxygen atoms in total. The fraction of sp³-hybridized carbons (Fsp3) is 0.176. The van der Waals surface area contributed by atoms with Crippen molar-refractivity contribution >= 4 is 0 Å². The molecule has 0 fully saturated rings.